The number of amides is 3. The van der Waals surface area contributed by atoms with Crippen LogP contribution in [0.3, 0.4) is 0 Å². The molecule has 6 rings (SSSR count). The summed E-state index contributed by atoms with van der Waals surface area (Å²) in [4.78, 5) is 28.4. The van der Waals surface area contributed by atoms with E-state index in [-0.39, 0.29) is 30.0 Å². The molecule has 0 bridgehead atoms. The van der Waals surface area contributed by atoms with Gasteiger partial charge in [0, 0.05) is 34.5 Å². The number of hydrogen-bond acceptors (Lipinski definition) is 5. The normalized spacial score (nSPS) is 21.4. The van der Waals surface area contributed by atoms with Gasteiger partial charge < -0.3 is 25.4 Å². The molecule has 0 radical (unpaired) electrons. The topological polar surface area (TPSA) is 102 Å². The van der Waals surface area contributed by atoms with E-state index in [0.29, 0.717) is 40.9 Å². The van der Waals surface area contributed by atoms with E-state index in [0.717, 1.165) is 22.4 Å². The number of ether oxygens (including phenoxy) is 2. The number of rotatable bonds is 4. The lowest BCUT2D eigenvalue weighted by Gasteiger charge is -2.19. The van der Waals surface area contributed by atoms with Crippen molar-refractivity contribution in [1.82, 2.24) is 10.3 Å². The SMILES string of the molecule is Cc1cc(Cl)ccc1NC(=O)NC1C2Oc3ccc(Oc4ccnc5c4CCC(=O)N5)cc3C12. The van der Waals surface area contributed by atoms with E-state index < -0.39 is 0 Å². The van der Waals surface area contributed by atoms with Crippen molar-refractivity contribution in [3.05, 3.63) is 70.4 Å². The number of benzene rings is 2. The van der Waals surface area contributed by atoms with Crippen LogP contribution in [0.2, 0.25) is 5.02 Å². The molecule has 1 aromatic heterocycles. The number of halogens is 1. The zero-order chi connectivity index (χ0) is 23.4. The van der Waals surface area contributed by atoms with Crippen LogP contribution in [0.5, 0.6) is 17.2 Å². The van der Waals surface area contributed by atoms with E-state index in [4.69, 9.17) is 21.1 Å². The first-order chi connectivity index (χ1) is 16.5. The number of urea groups is 1. The third-order valence-electron chi connectivity index (χ3n) is 6.39. The highest BCUT2D eigenvalue weighted by atomic mass is 35.5. The molecule has 0 spiro atoms. The second-order valence-electron chi connectivity index (χ2n) is 8.68. The molecule has 1 aliphatic carbocycles. The first-order valence-electron chi connectivity index (χ1n) is 11.1. The molecule has 2 aliphatic heterocycles. The predicted molar refractivity (Wildman–Crippen MR) is 127 cm³/mol. The zero-order valence-corrected chi connectivity index (χ0v) is 19.0. The molecule has 0 saturated heterocycles. The summed E-state index contributed by atoms with van der Waals surface area (Å²) in [7, 11) is 0. The van der Waals surface area contributed by atoms with E-state index in [9.17, 15) is 9.59 Å². The van der Waals surface area contributed by atoms with Crippen LogP contribution in [-0.4, -0.2) is 29.1 Å². The maximum atomic E-state index is 12.5. The summed E-state index contributed by atoms with van der Waals surface area (Å²) in [5.74, 6) is 2.72. The van der Waals surface area contributed by atoms with E-state index in [1.807, 2.05) is 25.1 Å². The summed E-state index contributed by atoms with van der Waals surface area (Å²) in [5, 5.41) is 9.29. The third-order valence-corrected chi connectivity index (χ3v) is 6.63. The Morgan fingerprint density at radius 3 is 2.94 bits per heavy atom. The number of nitrogens with one attached hydrogen (secondary N) is 3. The Morgan fingerprint density at radius 1 is 1.21 bits per heavy atom. The van der Waals surface area contributed by atoms with Gasteiger partial charge in [-0.3, -0.25) is 4.79 Å². The molecule has 9 heteroatoms. The number of carbonyl (C=O) groups excluding carboxylic acids is 2. The number of hydrogen-bond donors (Lipinski definition) is 3. The molecule has 3 aliphatic rings. The van der Waals surface area contributed by atoms with Gasteiger partial charge in [-0.05, 0) is 61.4 Å². The fourth-order valence-corrected chi connectivity index (χ4v) is 4.86. The molecule has 3 N–H and O–H groups in total. The maximum Gasteiger partial charge on any atom is 0.319 e. The van der Waals surface area contributed by atoms with E-state index >= 15 is 0 Å². The summed E-state index contributed by atoms with van der Waals surface area (Å²) in [6.45, 7) is 1.89. The van der Waals surface area contributed by atoms with Crippen molar-refractivity contribution >= 4 is 35.0 Å². The Kier molecular flexibility index (Phi) is 4.84. The lowest BCUT2D eigenvalue weighted by Crippen LogP contribution is -2.34. The van der Waals surface area contributed by atoms with Gasteiger partial charge in [0.1, 0.15) is 29.2 Å². The average Bonchev–Trinajstić information content (AvgIpc) is 3.32. The smallest absolute Gasteiger partial charge is 0.319 e. The second-order valence-corrected chi connectivity index (χ2v) is 9.11. The van der Waals surface area contributed by atoms with Gasteiger partial charge >= 0.3 is 6.03 Å². The lowest BCUT2D eigenvalue weighted by molar-refractivity contribution is -0.116. The number of nitrogens with zero attached hydrogens (tertiary/aromatic N) is 1. The highest BCUT2D eigenvalue weighted by Gasteiger charge is 2.59. The summed E-state index contributed by atoms with van der Waals surface area (Å²) in [6.07, 6.45) is 2.51. The molecular formula is C25H21ClN4O4. The van der Waals surface area contributed by atoms with E-state index in [2.05, 4.69) is 20.9 Å². The third kappa shape index (κ3) is 3.70. The van der Waals surface area contributed by atoms with Crippen LogP contribution in [-0.2, 0) is 11.2 Å². The minimum atomic E-state index is -0.284. The van der Waals surface area contributed by atoms with Gasteiger partial charge in [-0.1, -0.05) is 11.6 Å². The minimum Gasteiger partial charge on any atom is -0.487 e. The molecule has 2 aromatic carbocycles. The molecule has 3 aromatic rings. The fraction of sp³-hybridized carbons (Fsp3) is 0.240. The van der Waals surface area contributed by atoms with Crippen molar-refractivity contribution in [2.75, 3.05) is 10.6 Å². The number of pyridine rings is 1. The predicted octanol–water partition coefficient (Wildman–Crippen LogP) is 4.77. The Bertz CT molecular complexity index is 1340. The van der Waals surface area contributed by atoms with Crippen molar-refractivity contribution < 1.29 is 19.1 Å². The van der Waals surface area contributed by atoms with Crippen LogP contribution in [0, 0.1) is 6.92 Å². The van der Waals surface area contributed by atoms with Gasteiger partial charge in [0.05, 0.1) is 12.0 Å². The molecule has 1 saturated carbocycles. The largest absolute Gasteiger partial charge is 0.487 e. The van der Waals surface area contributed by atoms with Crippen LogP contribution < -0.4 is 25.4 Å². The number of anilines is 2. The molecule has 3 amide bonds. The average molecular weight is 477 g/mol. The minimum absolute atomic E-state index is 0.0413. The van der Waals surface area contributed by atoms with Crippen LogP contribution >= 0.6 is 11.6 Å². The van der Waals surface area contributed by atoms with Crippen LogP contribution in [0.1, 0.15) is 29.0 Å². The van der Waals surface area contributed by atoms with Crippen molar-refractivity contribution in [3.8, 4) is 17.2 Å². The monoisotopic (exact) mass is 476 g/mol. The van der Waals surface area contributed by atoms with Gasteiger partial charge in [-0.25, -0.2) is 9.78 Å². The Morgan fingerprint density at radius 2 is 2.09 bits per heavy atom. The summed E-state index contributed by atoms with van der Waals surface area (Å²) < 4.78 is 12.2. The summed E-state index contributed by atoms with van der Waals surface area (Å²) in [5.41, 5.74) is 3.49. The molecule has 3 heterocycles. The number of fused-ring (bicyclic) bond motifs is 4. The highest BCUT2D eigenvalue weighted by Crippen LogP contribution is 2.54. The summed E-state index contributed by atoms with van der Waals surface area (Å²) >= 11 is 5.99. The zero-order valence-electron chi connectivity index (χ0n) is 18.2. The van der Waals surface area contributed by atoms with Crippen molar-refractivity contribution in [2.45, 2.75) is 37.8 Å². The van der Waals surface area contributed by atoms with Crippen molar-refractivity contribution in [2.24, 2.45) is 0 Å². The molecule has 172 valence electrons. The van der Waals surface area contributed by atoms with Gasteiger partial charge in [-0.15, -0.1) is 0 Å². The van der Waals surface area contributed by atoms with Gasteiger partial charge in [0.15, 0.2) is 0 Å². The van der Waals surface area contributed by atoms with Gasteiger partial charge in [0.25, 0.3) is 0 Å². The van der Waals surface area contributed by atoms with Crippen LogP contribution in [0.4, 0.5) is 16.3 Å². The molecule has 34 heavy (non-hydrogen) atoms. The lowest BCUT2D eigenvalue weighted by atomic mass is 10.1. The molecule has 1 fully saturated rings. The quantitative estimate of drug-likeness (QED) is 0.503. The molecule has 8 nitrogen and oxygen atoms in total. The first-order valence-corrected chi connectivity index (χ1v) is 11.4. The van der Waals surface area contributed by atoms with Crippen molar-refractivity contribution in [3.63, 3.8) is 0 Å². The number of carbonyl (C=O) groups is 2. The van der Waals surface area contributed by atoms with E-state index in [1.54, 1.807) is 30.5 Å². The Hall–Kier alpha value is -3.78. The fourth-order valence-electron chi connectivity index (χ4n) is 4.63. The molecule has 3 unspecified atom stereocenters. The standard InChI is InChI=1S/C25H21ClN4O4/c1-12-10-13(26)2-5-17(12)28-25(32)30-22-21-16-11-14(3-6-18(16)34-23(21)22)33-19-8-9-27-24-15(19)4-7-20(31)29-24/h2-3,5-6,8-11,21-23H,4,7H2,1H3,(H,27,29,31)(H2,28,30,32). The maximum absolute atomic E-state index is 12.5. The second kappa shape index (κ2) is 7.92. The van der Waals surface area contributed by atoms with Gasteiger partial charge in [-0.2, -0.15) is 0 Å². The number of aryl methyl sites for hydroxylation is 1. The van der Waals surface area contributed by atoms with Crippen molar-refractivity contribution in [1.29, 1.82) is 0 Å². The Labute approximate surface area is 200 Å². The summed E-state index contributed by atoms with van der Waals surface area (Å²) in [6, 6.07) is 12.4. The Balaban J connectivity index is 1.15. The van der Waals surface area contributed by atoms with E-state index in [1.165, 1.54) is 0 Å². The number of aromatic nitrogens is 1. The molecule has 3 atom stereocenters. The van der Waals surface area contributed by atoms with Crippen LogP contribution in [0.25, 0.3) is 0 Å². The first kappa shape index (κ1) is 20.8. The molecular weight excluding hydrogens is 456 g/mol. The van der Waals surface area contributed by atoms with Gasteiger partial charge in [0.2, 0.25) is 5.91 Å². The highest BCUT2D eigenvalue weighted by molar-refractivity contribution is 6.30. The van der Waals surface area contributed by atoms with Crippen LogP contribution in [0.15, 0.2) is 48.7 Å².